The van der Waals surface area contributed by atoms with E-state index in [1.54, 1.807) is 18.2 Å². The topological polar surface area (TPSA) is 83.7 Å². The number of hydrogen-bond acceptors (Lipinski definition) is 6. The van der Waals surface area contributed by atoms with Crippen LogP contribution in [-0.4, -0.2) is 24.9 Å². The Balaban J connectivity index is 2.26. The first kappa shape index (κ1) is 14.4. The monoisotopic (exact) mass is 324 g/mol. The van der Waals surface area contributed by atoms with Gasteiger partial charge in [-0.2, -0.15) is 0 Å². The normalized spacial score (nSPS) is 12.3. The van der Waals surface area contributed by atoms with E-state index in [0.29, 0.717) is 17.1 Å². The largest absolute Gasteiger partial charge is 0.464 e. The van der Waals surface area contributed by atoms with Crippen LogP contribution in [-0.2, 0) is 4.74 Å². The molecule has 1 aliphatic rings. The number of nitrogens with two attached hydrogens (primary N) is 1. The van der Waals surface area contributed by atoms with E-state index in [1.807, 2.05) is 0 Å². The summed E-state index contributed by atoms with van der Waals surface area (Å²) in [6.07, 6.45) is 0. The van der Waals surface area contributed by atoms with E-state index in [4.69, 9.17) is 26.8 Å². The number of halogens is 2. The van der Waals surface area contributed by atoms with Gasteiger partial charge >= 0.3 is 5.97 Å². The molecule has 2 N–H and O–H groups in total. The van der Waals surface area contributed by atoms with Gasteiger partial charge in [0.25, 0.3) is 0 Å². The molecule has 6 nitrogen and oxygen atoms in total. The molecule has 2 heterocycles. The van der Waals surface area contributed by atoms with Crippen molar-refractivity contribution in [1.29, 1.82) is 0 Å². The van der Waals surface area contributed by atoms with Crippen molar-refractivity contribution in [3.05, 3.63) is 34.7 Å². The number of hydrogen-bond donors (Lipinski definition) is 1. The Morgan fingerprint density at radius 3 is 2.95 bits per heavy atom. The maximum Gasteiger partial charge on any atom is 0.358 e. The average Bonchev–Trinajstić information content (AvgIpc) is 3.01. The van der Waals surface area contributed by atoms with Crippen molar-refractivity contribution in [2.24, 2.45) is 0 Å². The fourth-order valence-electron chi connectivity index (χ4n) is 2.09. The molecule has 0 radical (unpaired) electrons. The number of methoxy groups -OCH3 is 1. The zero-order valence-corrected chi connectivity index (χ0v) is 12.1. The van der Waals surface area contributed by atoms with Gasteiger partial charge in [-0.3, -0.25) is 0 Å². The SMILES string of the molecule is COC(=O)c1nc(-c2cccc3c2OCO3)c(F)c(N)c1Cl. The van der Waals surface area contributed by atoms with Gasteiger partial charge in [0.05, 0.1) is 17.8 Å². The van der Waals surface area contributed by atoms with Gasteiger partial charge in [0.15, 0.2) is 23.0 Å². The van der Waals surface area contributed by atoms with Crippen LogP contribution in [0.15, 0.2) is 18.2 Å². The summed E-state index contributed by atoms with van der Waals surface area (Å²) in [5.74, 6) is -0.887. The van der Waals surface area contributed by atoms with Gasteiger partial charge in [-0.1, -0.05) is 17.7 Å². The maximum atomic E-state index is 14.4. The Labute approximate surface area is 129 Å². The van der Waals surface area contributed by atoms with E-state index in [2.05, 4.69) is 9.72 Å². The molecule has 0 saturated carbocycles. The van der Waals surface area contributed by atoms with Gasteiger partial charge in [0.1, 0.15) is 5.69 Å². The molecule has 0 amide bonds. The fourth-order valence-corrected chi connectivity index (χ4v) is 2.29. The minimum Gasteiger partial charge on any atom is -0.464 e. The standard InChI is InChI=1S/C14H10ClFN2O4/c1-20-14(19)12-8(15)10(17)9(16)11(18-12)6-3-2-4-7-13(6)22-5-21-7/h2-4H,5H2,1H3,(H2,17,18). The number of esters is 1. The number of benzene rings is 1. The molecule has 8 heteroatoms. The van der Waals surface area contributed by atoms with Gasteiger partial charge in [-0.15, -0.1) is 0 Å². The Hall–Kier alpha value is -2.54. The Morgan fingerprint density at radius 2 is 2.23 bits per heavy atom. The summed E-state index contributed by atoms with van der Waals surface area (Å²) in [7, 11) is 1.16. The Kier molecular flexibility index (Phi) is 3.50. The highest BCUT2D eigenvalue weighted by molar-refractivity contribution is 6.35. The predicted octanol–water partition coefficient (Wildman–Crippen LogP) is 2.64. The highest BCUT2D eigenvalue weighted by Crippen LogP contribution is 2.43. The smallest absolute Gasteiger partial charge is 0.358 e. The second-order valence-corrected chi connectivity index (χ2v) is 4.76. The molecule has 0 aliphatic carbocycles. The molecule has 2 aromatic rings. The van der Waals surface area contributed by atoms with E-state index in [-0.39, 0.29) is 28.9 Å². The van der Waals surface area contributed by atoms with Gasteiger partial charge in [-0.05, 0) is 12.1 Å². The number of anilines is 1. The van der Waals surface area contributed by atoms with Gasteiger partial charge < -0.3 is 19.9 Å². The van der Waals surface area contributed by atoms with Crippen molar-refractivity contribution in [3.8, 4) is 22.8 Å². The number of nitrogens with zero attached hydrogens (tertiary/aromatic N) is 1. The van der Waals surface area contributed by atoms with Gasteiger partial charge in [0, 0.05) is 5.56 Å². The average molecular weight is 325 g/mol. The number of rotatable bonds is 2. The van der Waals surface area contributed by atoms with Crippen LogP contribution in [0.5, 0.6) is 11.5 Å². The molecule has 3 rings (SSSR count). The van der Waals surface area contributed by atoms with Crippen molar-refractivity contribution < 1.29 is 23.4 Å². The number of pyridine rings is 1. The number of ether oxygens (including phenoxy) is 3. The van der Waals surface area contributed by atoms with E-state index in [0.717, 1.165) is 7.11 Å². The quantitative estimate of drug-likeness (QED) is 0.855. The van der Waals surface area contributed by atoms with E-state index in [9.17, 15) is 9.18 Å². The van der Waals surface area contributed by atoms with E-state index in [1.165, 1.54) is 0 Å². The van der Waals surface area contributed by atoms with Crippen molar-refractivity contribution >= 4 is 23.3 Å². The highest BCUT2D eigenvalue weighted by Gasteiger charge is 2.27. The number of carbonyl (C=O) groups excluding carboxylic acids is 1. The lowest BCUT2D eigenvalue weighted by atomic mass is 10.1. The van der Waals surface area contributed by atoms with Gasteiger partial charge in [-0.25, -0.2) is 14.2 Å². The molecule has 0 unspecified atom stereocenters. The third-order valence-corrected chi connectivity index (χ3v) is 3.53. The second-order valence-electron chi connectivity index (χ2n) is 4.38. The van der Waals surface area contributed by atoms with Crippen molar-refractivity contribution in [3.63, 3.8) is 0 Å². The number of nitrogen functional groups attached to an aromatic ring is 1. The van der Waals surface area contributed by atoms with Crippen LogP contribution in [0.25, 0.3) is 11.3 Å². The third kappa shape index (κ3) is 2.10. The number of para-hydroxylation sites is 1. The molecule has 0 bridgehead atoms. The van der Waals surface area contributed by atoms with Crippen LogP contribution >= 0.6 is 11.6 Å². The molecule has 114 valence electrons. The van der Waals surface area contributed by atoms with Crippen LogP contribution in [0.1, 0.15) is 10.5 Å². The lowest BCUT2D eigenvalue weighted by Crippen LogP contribution is -2.10. The van der Waals surface area contributed by atoms with Gasteiger partial charge in [0.2, 0.25) is 6.79 Å². The molecule has 1 aromatic carbocycles. The molecular weight excluding hydrogens is 315 g/mol. The van der Waals surface area contributed by atoms with Crippen LogP contribution in [0.2, 0.25) is 5.02 Å². The van der Waals surface area contributed by atoms with Crippen LogP contribution in [0.3, 0.4) is 0 Å². The molecule has 22 heavy (non-hydrogen) atoms. The minimum absolute atomic E-state index is 0.0148. The number of fused-ring (bicyclic) bond motifs is 1. The van der Waals surface area contributed by atoms with Crippen LogP contribution < -0.4 is 15.2 Å². The summed E-state index contributed by atoms with van der Waals surface area (Å²) in [5, 5.41) is -0.294. The lowest BCUT2D eigenvalue weighted by Gasteiger charge is -2.11. The number of aromatic nitrogens is 1. The minimum atomic E-state index is -0.846. The summed E-state index contributed by atoms with van der Waals surface area (Å²) in [4.78, 5) is 15.7. The molecule has 0 saturated heterocycles. The first-order chi connectivity index (χ1) is 10.5. The Morgan fingerprint density at radius 1 is 1.45 bits per heavy atom. The van der Waals surface area contributed by atoms with E-state index < -0.39 is 11.8 Å². The summed E-state index contributed by atoms with van der Waals surface area (Å²) in [6.45, 7) is 0.0148. The van der Waals surface area contributed by atoms with Crippen LogP contribution in [0, 0.1) is 5.82 Å². The third-order valence-electron chi connectivity index (χ3n) is 3.14. The molecule has 1 aliphatic heterocycles. The summed E-state index contributed by atoms with van der Waals surface area (Å²) in [5.41, 5.74) is 5.12. The first-order valence-electron chi connectivity index (χ1n) is 6.16. The Bertz CT molecular complexity index is 782. The molecule has 0 spiro atoms. The summed E-state index contributed by atoms with van der Waals surface area (Å²) < 4.78 is 29.6. The molecular formula is C14H10ClFN2O4. The second kappa shape index (κ2) is 5.34. The summed E-state index contributed by atoms with van der Waals surface area (Å²) in [6, 6.07) is 4.89. The fraction of sp³-hybridized carbons (Fsp3) is 0.143. The first-order valence-corrected chi connectivity index (χ1v) is 6.54. The highest BCUT2D eigenvalue weighted by atomic mass is 35.5. The van der Waals surface area contributed by atoms with Crippen LogP contribution in [0.4, 0.5) is 10.1 Å². The number of carbonyl (C=O) groups is 1. The lowest BCUT2D eigenvalue weighted by molar-refractivity contribution is 0.0594. The van der Waals surface area contributed by atoms with Crippen molar-refractivity contribution in [2.75, 3.05) is 19.6 Å². The van der Waals surface area contributed by atoms with Crippen molar-refractivity contribution in [2.45, 2.75) is 0 Å². The maximum absolute atomic E-state index is 14.4. The van der Waals surface area contributed by atoms with Crippen molar-refractivity contribution in [1.82, 2.24) is 4.98 Å². The predicted molar refractivity (Wildman–Crippen MR) is 76.5 cm³/mol. The zero-order valence-electron chi connectivity index (χ0n) is 11.4. The molecule has 1 aromatic heterocycles. The molecule has 0 atom stereocenters. The molecule has 0 fully saturated rings. The zero-order chi connectivity index (χ0) is 15.9. The van der Waals surface area contributed by atoms with E-state index >= 15 is 0 Å². The summed E-state index contributed by atoms with van der Waals surface area (Å²) >= 11 is 5.86.